The Hall–Kier alpha value is -3.08. The van der Waals surface area contributed by atoms with Crippen LogP contribution in [-0.4, -0.2) is 17.9 Å². The van der Waals surface area contributed by atoms with Crippen LogP contribution in [0.4, 0.5) is 5.69 Å². The molecule has 0 aliphatic heterocycles. The molecule has 0 atom stereocenters. The molecule has 0 radical (unpaired) electrons. The van der Waals surface area contributed by atoms with Crippen LogP contribution in [0.5, 0.6) is 5.75 Å². The molecule has 0 saturated carbocycles. The zero-order valence-electron chi connectivity index (χ0n) is 15.5. The third-order valence-electron chi connectivity index (χ3n) is 3.53. The second-order valence-electron chi connectivity index (χ2n) is 6.24. The standard InChI is InChI=1S/C21H24N2O3/c1-14(2)26-19-11-9-18(10-12-19)23-21(25)20(22-16(4)24)13-17-8-6-5-7-15(17)3/h5-14H,1-4H3,(H,22,24)(H,23,25)/b20-13-. The summed E-state index contributed by atoms with van der Waals surface area (Å²) in [5.41, 5.74) is 2.69. The molecule has 0 fully saturated rings. The van der Waals surface area contributed by atoms with Gasteiger partial charge in [-0.3, -0.25) is 9.59 Å². The molecule has 136 valence electrons. The largest absolute Gasteiger partial charge is 0.491 e. The number of hydrogen-bond acceptors (Lipinski definition) is 3. The lowest BCUT2D eigenvalue weighted by molar-refractivity contribution is -0.120. The van der Waals surface area contributed by atoms with Crippen molar-refractivity contribution in [3.63, 3.8) is 0 Å². The fourth-order valence-electron chi connectivity index (χ4n) is 2.34. The fraction of sp³-hybridized carbons (Fsp3) is 0.238. The van der Waals surface area contributed by atoms with Gasteiger partial charge in [-0.1, -0.05) is 24.3 Å². The maximum atomic E-state index is 12.6. The van der Waals surface area contributed by atoms with Gasteiger partial charge < -0.3 is 15.4 Å². The Bertz CT molecular complexity index is 808. The minimum Gasteiger partial charge on any atom is -0.491 e. The van der Waals surface area contributed by atoms with Crippen molar-refractivity contribution in [1.82, 2.24) is 5.32 Å². The molecule has 0 unspecified atom stereocenters. The lowest BCUT2D eigenvalue weighted by atomic mass is 10.1. The van der Waals surface area contributed by atoms with Crippen molar-refractivity contribution in [2.24, 2.45) is 0 Å². The first kappa shape index (κ1) is 19.2. The van der Waals surface area contributed by atoms with Crippen LogP contribution < -0.4 is 15.4 Å². The zero-order valence-corrected chi connectivity index (χ0v) is 15.5. The summed E-state index contributed by atoms with van der Waals surface area (Å²) in [7, 11) is 0. The molecule has 0 aromatic heterocycles. The van der Waals surface area contributed by atoms with E-state index in [2.05, 4.69) is 10.6 Å². The molecule has 0 bridgehead atoms. The van der Waals surface area contributed by atoms with Gasteiger partial charge in [0.2, 0.25) is 5.91 Å². The monoisotopic (exact) mass is 352 g/mol. The Labute approximate surface area is 154 Å². The van der Waals surface area contributed by atoms with E-state index in [1.807, 2.05) is 45.0 Å². The van der Waals surface area contributed by atoms with Crippen LogP contribution in [0.15, 0.2) is 54.2 Å². The quantitative estimate of drug-likeness (QED) is 0.775. The summed E-state index contributed by atoms with van der Waals surface area (Å²) in [4.78, 5) is 24.1. The molecule has 0 spiro atoms. The summed E-state index contributed by atoms with van der Waals surface area (Å²) in [5, 5.41) is 5.39. The van der Waals surface area contributed by atoms with E-state index in [9.17, 15) is 9.59 Å². The van der Waals surface area contributed by atoms with Gasteiger partial charge in [0.1, 0.15) is 11.4 Å². The first-order valence-corrected chi connectivity index (χ1v) is 8.48. The van der Waals surface area contributed by atoms with Gasteiger partial charge in [-0.2, -0.15) is 0 Å². The molecule has 2 rings (SSSR count). The van der Waals surface area contributed by atoms with E-state index in [4.69, 9.17) is 4.74 Å². The van der Waals surface area contributed by atoms with Crippen molar-refractivity contribution in [2.45, 2.75) is 33.8 Å². The smallest absolute Gasteiger partial charge is 0.272 e. The SMILES string of the molecule is CC(=O)N/C(=C\c1ccccc1C)C(=O)Nc1ccc(OC(C)C)cc1. The van der Waals surface area contributed by atoms with Crippen LogP contribution in [-0.2, 0) is 9.59 Å². The summed E-state index contributed by atoms with van der Waals surface area (Å²) < 4.78 is 5.59. The molecule has 2 amide bonds. The van der Waals surface area contributed by atoms with Gasteiger partial charge in [0.05, 0.1) is 6.10 Å². The van der Waals surface area contributed by atoms with Gasteiger partial charge in [-0.05, 0) is 62.2 Å². The summed E-state index contributed by atoms with van der Waals surface area (Å²) in [5.74, 6) is 0.0391. The number of carbonyl (C=O) groups is 2. The first-order valence-electron chi connectivity index (χ1n) is 8.48. The van der Waals surface area contributed by atoms with Gasteiger partial charge in [-0.15, -0.1) is 0 Å². The Morgan fingerprint density at radius 2 is 1.69 bits per heavy atom. The molecule has 5 nitrogen and oxygen atoms in total. The molecule has 0 saturated heterocycles. The van der Waals surface area contributed by atoms with Gasteiger partial charge in [0, 0.05) is 12.6 Å². The number of anilines is 1. The van der Waals surface area contributed by atoms with Crippen molar-refractivity contribution < 1.29 is 14.3 Å². The third kappa shape index (κ3) is 5.77. The van der Waals surface area contributed by atoms with Gasteiger partial charge in [-0.25, -0.2) is 0 Å². The third-order valence-corrected chi connectivity index (χ3v) is 3.53. The van der Waals surface area contributed by atoms with Gasteiger partial charge in [0.15, 0.2) is 0 Å². The van der Waals surface area contributed by atoms with Crippen molar-refractivity contribution in [2.75, 3.05) is 5.32 Å². The minimum absolute atomic E-state index is 0.0823. The number of carbonyl (C=O) groups excluding carboxylic acids is 2. The predicted molar refractivity (Wildman–Crippen MR) is 104 cm³/mol. The summed E-state index contributed by atoms with van der Waals surface area (Å²) in [6.45, 7) is 7.22. The van der Waals surface area contributed by atoms with E-state index < -0.39 is 0 Å². The molecule has 2 aromatic rings. The Morgan fingerprint density at radius 1 is 1.04 bits per heavy atom. The van der Waals surface area contributed by atoms with E-state index in [-0.39, 0.29) is 23.6 Å². The van der Waals surface area contributed by atoms with Crippen LogP contribution in [0, 0.1) is 6.92 Å². The molecule has 0 aliphatic rings. The average molecular weight is 352 g/mol. The first-order chi connectivity index (χ1) is 12.3. The molecule has 26 heavy (non-hydrogen) atoms. The van der Waals surface area contributed by atoms with Gasteiger partial charge in [0.25, 0.3) is 5.91 Å². The van der Waals surface area contributed by atoms with Crippen LogP contribution in [0.2, 0.25) is 0 Å². The number of benzene rings is 2. The predicted octanol–water partition coefficient (Wildman–Crippen LogP) is 3.90. The molecule has 0 heterocycles. The van der Waals surface area contributed by atoms with Crippen molar-refractivity contribution >= 4 is 23.6 Å². The van der Waals surface area contributed by atoms with Crippen molar-refractivity contribution in [3.05, 3.63) is 65.4 Å². The number of amides is 2. The molecule has 5 heteroatoms. The highest BCUT2D eigenvalue weighted by molar-refractivity contribution is 6.08. The summed E-state index contributed by atoms with van der Waals surface area (Å²) in [6.07, 6.45) is 1.75. The second-order valence-corrected chi connectivity index (χ2v) is 6.24. The summed E-state index contributed by atoms with van der Waals surface area (Å²) >= 11 is 0. The Morgan fingerprint density at radius 3 is 2.27 bits per heavy atom. The lowest BCUT2D eigenvalue weighted by Crippen LogP contribution is -2.29. The maximum Gasteiger partial charge on any atom is 0.272 e. The van der Waals surface area contributed by atoms with E-state index in [1.165, 1.54) is 6.92 Å². The van der Waals surface area contributed by atoms with E-state index in [0.29, 0.717) is 5.69 Å². The highest BCUT2D eigenvalue weighted by atomic mass is 16.5. The van der Waals surface area contributed by atoms with Crippen LogP contribution in [0.3, 0.4) is 0 Å². The Balaban J connectivity index is 2.19. The number of nitrogens with one attached hydrogen (secondary N) is 2. The Kier molecular flexibility index (Phi) is 6.55. The van der Waals surface area contributed by atoms with E-state index in [0.717, 1.165) is 16.9 Å². The van der Waals surface area contributed by atoms with Crippen molar-refractivity contribution in [3.8, 4) is 5.75 Å². The zero-order chi connectivity index (χ0) is 19.1. The lowest BCUT2D eigenvalue weighted by Gasteiger charge is -2.12. The number of ether oxygens (including phenoxy) is 1. The molecular weight excluding hydrogens is 328 g/mol. The molecular formula is C21H24N2O3. The average Bonchev–Trinajstić information content (AvgIpc) is 2.57. The topological polar surface area (TPSA) is 67.4 Å². The van der Waals surface area contributed by atoms with E-state index >= 15 is 0 Å². The number of rotatable bonds is 6. The van der Waals surface area contributed by atoms with Crippen LogP contribution in [0.25, 0.3) is 6.08 Å². The summed E-state index contributed by atoms with van der Waals surface area (Å²) in [6, 6.07) is 14.7. The number of hydrogen-bond donors (Lipinski definition) is 2. The van der Waals surface area contributed by atoms with Crippen molar-refractivity contribution in [1.29, 1.82) is 0 Å². The fourth-order valence-corrected chi connectivity index (χ4v) is 2.34. The van der Waals surface area contributed by atoms with E-state index in [1.54, 1.807) is 30.3 Å². The number of aryl methyl sites for hydroxylation is 1. The van der Waals surface area contributed by atoms with Crippen LogP contribution >= 0.6 is 0 Å². The normalized spacial score (nSPS) is 11.2. The van der Waals surface area contributed by atoms with Gasteiger partial charge >= 0.3 is 0 Å². The minimum atomic E-state index is -0.388. The highest BCUT2D eigenvalue weighted by Crippen LogP contribution is 2.18. The maximum absolute atomic E-state index is 12.6. The molecule has 2 N–H and O–H groups in total. The second kappa shape index (κ2) is 8.85. The highest BCUT2D eigenvalue weighted by Gasteiger charge is 2.12. The molecule has 0 aliphatic carbocycles. The molecule has 2 aromatic carbocycles. The van der Waals surface area contributed by atoms with Crippen LogP contribution in [0.1, 0.15) is 31.9 Å².